The Morgan fingerprint density at radius 1 is 1.10 bits per heavy atom. The number of aromatic nitrogens is 2. The molecular weight excluding hydrogens is 296 g/mol. The van der Waals surface area contributed by atoms with Crippen LogP contribution in [0.25, 0.3) is 0 Å². The Morgan fingerprint density at radius 3 is 2.48 bits per heavy atom. The molecule has 1 N–H and O–H groups in total. The van der Waals surface area contributed by atoms with E-state index in [0.29, 0.717) is 35.4 Å². The summed E-state index contributed by atoms with van der Waals surface area (Å²) in [6, 6.07) is 5.17. The van der Waals surface area contributed by atoms with E-state index in [-0.39, 0.29) is 0 Å². The van der Waals surface area contributed by atoms with E-state index in [9.17, 15) is 8.78 Å². The Bertz CT molecular complexity index is 639. The van der Waals surface area contributed by atoms with Crippen LogP contribution < -0.4 is 5.32 Å². The van der Waals surface area contributed by atoms with Crippen molar-refractivity contribution >= 4 is 17.4 Å². The number of benzene rings is 1. The fourth-order valence-electron chi connectivity index (χ4n) is 2.14. The van der Waals surface area contributed by atoms with E-state index in [4.69, 9.17) is 11.6 Å². The average molecular weight is 310 g/mol. The van der Waals surface area contributed by atoms with Gasteiger partial charge in [0.25, 0.3) is 0 Å². The van der Waals surface area contributed by atoms with Crippen LogP contribution >= 0.6 is 11.6 Å². The second-order valence-corrected chi connectivity index (χ2v) is 5.55. The molecule has 3 rings (SSSR count). The van der Waals surface area contributed by atoms with Crippen molar-refractivity contribution in [1.29, 1.82) is 0 Å². The van der Waals surface area contributed by atoms with Crippen LogP contribution in [-0.4, -0.2) is 16.5 Å². The lowest BCUT2D eigenvalue weighted by Gasteiger charge is -2.08. The van der Waals surface area contributed by atoms with Gasteiger partial charge in [0.05, 0.1) is 0 Å². The van der Waals surface area contributed by atoms with Gasteiger partial charge < -0.3 is 5.32 Å². The lowest BCUT2D eigenvalue weighted by Crippen LogP contribution is -2.08. The van der Waals surface area contributed by atoms with Gasteiger partial charge in [-0.3, -0.25) is 0 Å². The quantitative estimate of drug-likeness (QED) is 0.850. The van der Waals surface area contributed by atoms with Crippen LogP contribution in [0.2, 0.25) is 5.15 Å². The molecule has 1 aliphatic carbocycles. The molecule has 1 fully saturated rings. The number of halogens is 3. The van der Waals surface area contributed by atoms with Gasteiger partial charge in [-0.25, -0.2) is 18.7 Å². The summed E-state index contributed by atoms with van der Waals surface area (Å²) in [6.45, 7) is 0.514. The van der Waals surface area contributed by atoms with Gasteiger partial charge in [0, 0.05) is 24.6 Å². The van der Waals surface area contributed by atoms with E-state index in [0.717, 1.165) is 24.7 Å². The summed E-state index contributed by atoms with van der Waals surface area (Å²) in [5, 5.41) is 3.52. The number of nitrogens with one attached hydrogen (secondary N) is 1. The highest BCUT2D eigenvalue weighted by molar-refractivity contribution is 6.29. The van der Waals surface area contributed by atoms with E-state index < -0.39 is 11.6 Å². The van der Waals surface area contributed by atoms with E-state index in [1.165, 1.54) is 12.1 Å². The molecule has 3 nitrogen and oxygen atoms in total. The maximum absolute atomic E-state index is 13.1. The normalized spacial score (nSPS) is 14.2. The fourth-order valence-corrected chi connectivity index (χ4v) is 2.33. The molecule has 2 aromatic rings. The number of anilines is 1. The maximum Gasteiger partial charge on any atom is 0.135 e. The van der Waals surface area contributed by atoms with Crippen molar-refractivity contribution in [2.75, 3.05) is 11.9 Å². The van der Waals surface area contributed by atoms with Crippen molar-refractivity contribution in [3.8, 4) is 0 Å². The first-order valence-electron chi connectivity index (χ1n) is 6.83. The first kappa shape index (κ1) is 14.2. The molecule has 0 atom stereocenters. The van der Waals surface area contributed by atoms with Gasteiger partial charge in [0.2, 0.25) is 0 Å². The molecule has 1 saturated carbocycles. The molecule has 0 bridgehead atoms. The summed E-state index contributed by atoms with van der Waals surface area (Å²) in [7, 11) is 0. The molecule has 0 unspecified atom stereocenters. The van der Waals surface area contributed by atoms with Crippen LogP contribution in [-0.2, 0) is 6.42 Å². The molecule has 1 heterocycles. The fraction of sp³-hybridized carbons (Fsp3) is 0.333. The zero-order valence-electron chi connectivity index (χ0n) is 11.2. The summed E-state index contributed by atoms with van der Waals surface area (Å²) >= 11 is 5.97. The first-order chi connectivity index (χ1) is 10.1. The smallest absolute Gasteiger partial charge is 0.135 e. The van der Waals surface area contributed by atoms with Gasteiger partial charge in [0.1, 0.15) is 28.4 Å². The number of hydrogen-bond donors (Lipinski definition) is 1. The number of rotatable bonds is 5. The Balaban J connectivity index is 1.62. The topological polar surface area (TPSA) is 37.8 Å². The summed E-state index contributed by atoms with van der Waals surface area (Å²) < 4.78 is 26.2. The highest BCUT2D eigenvalue weighted by atomic mass is 35.5. The van der Waals surface area contributed by atoms with Crippen LogP contribution in [0.1, 0.15) is 30.1 Å². The van der Waals surface area contributed by atoms with Crippen LogP contribution in [0, 0.1) is 11.6 Å². The third-order valence-corrected chi connectivity index (χ3v) is 3.49. The van der Waals surface area contributed by atoms with Gasteiger partial charge in [-0.15, -0.1) is 0 Å². The molecule has 0 spiro atoms. The van der Waals surface area contributed by atoms with E-state index >= 15 is 0 Å². The molecule has 1 aliphatic rings. The molecule has 0 aliphatic heterocycles. The second kappa shape index (κ2) is 5.93. The van der Waals surface area contributed by atoms with Crippen LogP contribution in [0.4, 0.5) is 14.6 Å². The van der Waals surface area contributed by atoms with Crippen LogP contribution in [0.15, 0.2) is 24.3 Å². The van der Waals surface area contributed by atoms with E-state index in [1.807, 2.05) is 0 Å². The molecule has 6 heteroatoms. The summed E-state index contributed by atoms with van der Waals surface area (Å²) in [6.07, 6.45) is 2.69. The highest BCUT2D eigenvalue weighted by Crippen LogP contribution is 2.38. The number of nitrogens with zero attached hydrogens (tertiary/aromatic N) is 2. The molecule has 0 amide bonds. The van der Waals surface area contributed by atoms with Gasteiger partial charge >= 0.3 is 0 Å². The predicted molar refractivity (Wildman–Crippen MR) is 77.6 cm³/mol. The van der Waals surface area contributed by atoms with E-state index in [1.54, 1.807) is 6.07 Å². The summed E-state index contributed by atoms with van der Waals surface area (Å²) in [4.78, 5) is 8.61. The molecule has 21 heavy (non-hydrogen) atoms. The van der Waals surface area contributed by atoms with Gasteiger partial charge in [-0.05, 0) is 37.0 Å². The molecule has 110 valence electrons. The minimum Gasteiger partial charge on any atom is -0.370 e. The molecule has 1 aromatic heterocycles. The van der Waals surface area contributed by atoms with Crippen LogP contribution in [0.5, 0.6) is 0 Å². The molecular formula is C15H14ClF2N3. The zero-order chi connectivity index (χ0) is 14.8. The molecule has 0 radical (unpaired) electrons. The van der Waals surface area contributed by atoms with Crippen molar-refractivity contribution < 1.29 is 8.78 Å². The molecule has 1 aromatic carbocycles. The maximum atomic E-state index is 13.1. The third-order valence-electron chi connectivity index (χ3n) is 3.30. The van der Waals surface area contributed by atoms with Crippen molar-refractivity contribution in [1.82, 2.24) is 9.97 Å². The summed E-state index contributed by atoms with van der Waals surface area (Å²) in [5.41, 5.74) is 0.600. The Kier molecular flexibility index (Phi) is 4.01. The van der Waals surface area contributed by atoms with Crippen molar-refractivity contribution in [2.24, 2.45) is 0 Å². The Labute approximate surface area is 126 Å². The number of hydrogen-bond acceptors (Lipinski definition) is 3. The van der Waals surface area contributed by atoms with Gasteiger partial charge in [0.15, 0.2) is 0 Å². The monoisotopic (exact) mass is 309 g/mol. The minimum absolute atomic E-state index is 0.409. The second-order valence-electron chi connectivity index (χ2n) is 5.16. The first-order valence-corrected chi connectivity index (χ1v) is 7.21. The highest BCUT2D eigenvalue weighted by Gasteiger charge is 2.27. The lowest BCUT2D eigenvalue weighted by atomic mass is 10.1. The van der Waals surface area contributed by atoms with E-state index in [2.05, 4.69) is 15.3 Å². The van der Waals surface area contributed by atoms with Crippen molar-refractivity contribution in [3.63, 3.8) is 0 Å². The predicted octanol–water partition coefficient (Wildman–Crippen LogP) is 3.94. The van der Waals surface area contributed by atoms with Crippen molar-refractivity contribution in [3.05, 3.63) is 52.4 Å². The van der Waals surface area contributed by atoms with Crippen molar-refractivity contribution in [2.45, 2.75) is 25.2 Å². The standard InChI is InChI=1S/C15H14ClF2N3/c16-13-8-14(21-15(20-13)10-1-2-10)19-4-3-9-5-11(17)7-12(18)6-9/h5-8,10H,1-4H2,(H,19,20,21). The zero-order valence-corrected chi connectivity index (χ0v) is 12.0. The Morgan fingerprint density at radius 2 is 1.81 bits per heavy atom. The van der Waals surface area contributed by atoms with Crippen LogP contribution in [0.3, 0.4) is 0 Å². The SMILES string of the molecule is Fc1cc(F)cc(CCNc2cc(Cl)nc(C3CC3)n2)c1. The summed E-state index contributed by atoms with van der Waals surface area (Å²) in [5.74, 6) is 0.703. The lowest BCUT2D eigenvalue weighted by molar-refractivity contribution is 0.580. The molecule has 0 saturated heterocycles. The third kappa shape index (κ3) is 3.88. The van der Waals surface area contributed by atoms with Gasteiger partial charge in [-0.1, -0.05) is 11.6 Å². The van der Waals surface area contributed by atoms with Gasteiger partial charge in [-0.2, -0.15) is 0 Å². The average Bonchev–Trinajstić information content (AvgIpc) is 3.21. The largest absolute Gasteiger partial charge is 0.370 e. The Hall–Kier alpha value is -1.75. The minimum atomic E-state index is -0.564.